The van der Waals surface area contributed by atoms with Crippen molar-refractivity contribution in [3.8, 4) is 22.8 Å². The van der Waals surface area contributed by atoms with Gasteiger partial charge >= 0.3 is 0 Å². The molecule has 3 aromatic rings. The van der Waals surface area contributed by atoms with Crippen LogP contribution in [0, 0.1) is 0 Å². The van der Waals surface area contributed by atoms with Crippen LogP contribution in [0.2, 0.25) is 5.02 Å². The third-order valence-electron chi connectivity index (χ3n) is 3.75. The van der Waals surface area contributed by atoms with Crippen LogP contribution < -0.4 is 20.1 Å². The zero-order chi connectivity index (χ0) is 20.1. The average Bonchev–Trinajstić information content (AvgIpc) is 3.15. The number of nitrogens with zero attached hydrogens (tertiary/aromatic N) is 1. The number of carbonyl (C=O) groups is 1. The number of hydrogen-bond donors (Lipinski definition) is 2. The lowest BCUT2D eigenvalue weighted by Gasteiger charge is -2.13. The molecule has 3 rings (SSSR count). The van der Waals surface area contributed by atoms with Gasteiger partial charge in [-0.1, -0.05) is 29.8 Å². The van der Waals surface area contributed by atoms with Crippen LogP contribution in [-0.4, -0.2) is 30.2 Å². The molecule has 6 nitrogen and oxygen atoms in total. The number of amides is 1. The molecule has 0 bridgehead atoms. The molecule has 1 aromatic heterocycles. The Bertz CT molecular complexity index is 984. The molecule has 9 heteroatoms. The molecule has 0 aliphatic carbocycles. The minimum Gasteiger partial charge on any atom is -0.496 e. The topological polar surface area (TPSA) is 72.5 Å². The van der Waals surface area contributed by atoms with Crippen LogP contribution in [0.3, 0.4) is 0 Å². The highest BCUT2D eigenvalue weighted by Crippen LogP contribution is 2.28. The van der Waals surface area contributed by atoms with Crippen LogP contribution in [0.1, 0.15) is 10.4 Å². The van der Waals surface area contributed by atoms with E-state index < -0.39 is 5.91 Å². The zero-order valence-corrected chi connectivity index (χ0v) is 17.4. The fourth-order valence-corrected chi connectivity index (χ4v) is 3.56. The summed E-state index contributed by atoms with van der Waals surface area (Å²) in [5, 5.41) is 8.77. The third-order valence-corrected chi connectivity index (χ3v) is 4.96. The van der Waals surface area contributed by atoms with Gasteiger partial charge in [0.1, 0.15) is 17.1 Å². The minimum atomic E-state index is -0.443. The number of rotatable bonds is 5. The normalized spacial score (nSPS) is 10.2. The van der Waals surface area contributed by atoms with E-state index in [2.05, 4.69) is 15.6 Å². The first-order valence-electron chi connectivity index (χ1n) is 8.06. The molecule has 1 heterocycles. The lowest BCUT2D eigenvalue weighted by molar-refractivity contribution is 0.0971. The molecule has 0 radical (unpaired) electrons. The summed E-state index contributed by atoms with van der Waals surface area (Å²) in [7, 11) is 2.96. The largest absolute Gasteiger partial charge is 0.496 e. The van der Waals surface area contributed by atoms with E-state index in [9.17, 15) is 4.79 Å². The number of thiocarbonyl (C=S) groups is 1. The molecule has 28 heavy (non-hydrogen) atoms. The number of aromatic nitrogens is 1. The van der Waals surface area contributed by atoms with Gasteiger partial charge < -0.3 is 14.8 Å². The number of ether oxygens (including phenoxy) is 2. The Morgan fingerprint density at radius 3 is 2.36 bits per heavy atom. The lowest BCUT2D eigenvalue weighted by Crippen LogP contribution is -2.34. The molecule has 0 aliphatic heterocycles. The van der Waals surface area contributed by atoms with E-state index in [0.717, 1.165) is 11.3 Å². The number of anilines is 1. The molecule has 0 atom stereocenters. The number of carbonyl (C=O) groups excluding carboxylic acids is 1. The summed E-state index contributed by atoms with van der Waals surface area (Å²) in [6.07, 6.45) is 0. The second-order valence-electron chi connectivity index (χ2n) is 5.49. The number of halogens is 1. The first kappa shape index (κ1) is 20.1. The van der Waals surface area contributed by atoms with Crippen molar-refractivity contribution in [1.82, 2.24) is 10.3 Å². The Morgan fingerprint density at radius 1 is 1.11 bits per heavy atom. The summed E-state index contributed by atoms with van der Waals surface area (Å²) < 4.78 is 10.5. The Balaban J connectivity index is 1.70. The molecule has 2 aromatic carbocycles. The molecule has 0 fully saturated rings. The van der Waals surface area contributed by atoms with Gasteiger partial charge in [0.25, 0.3) is 5.91 Å². The zero-order valence-electron chi connectivity index (χ0n) is 15.0. The van der Waals surface area contributed by atoms with Crippen molar-refractivity contribution in [1.29, 1.82) is 0 Å². The molecule has 1 amide bonds. The lowest BCUT2D eigenvalue weighted by atomic mass is 10.1. The van der Waals surface area contributed by atoms with Crippen molar-refractivity contribution in [2.45, 2.75) is 0 Å². The summed E-state index contributed by atoms with van der Waals surface area (Å²) in [5.41, 5.74) is 1.98. The van der Waals surface area contributed by atoms with Crippen molar-refractivity contribution < 1.29 is 14.3 Å². The maximum Gasteiger partial charge on any atom is 0.264 e. The minimum absolute atomic E-state index is 0.120. The second-order valence-corrected chi connectivity index (χ2v) is 7.19. The first-order chi connectivity index (χ1) is 13.5. The number of methoxy groups -OCH3 is 2. The van der Waals surface area contributed by atoms with Gasteiger partial charge in [-0.25, -0.2) is 4.98 Å². The third kappa shape index (κ3) is 4.59. The van der Waals surface area contributed by atoms with Gasteiger partial charge in [0, 0.05) is 16.0 Å². The van der Waals surface area contributed by atoms with Gasteiger partial charge in [0.15, 0.2) is 10.2 Å². The van der Waals surface area contributed by atoms with Crippen LogP contribution in [0.15, 0.2) is 47.8 Å². The van der Waals surface area contributed by atoms with Gasteiger partial charge in [0.2, 0.25) is 0 Å². The van der Waals surface area contributed by atoms with E-state index in [0.29, 0.717) is 21.7 Å². The molecule has 0 unspecified atom stereocenters. The Hall–Kier alpha value is -2.68. The summed E-state index contributed by atoms with van der Waals surface area (Å²) in [6.45, 7) is 0. The first-order valence-corrected chi connectivity index (χ1v) is 9.73. The predicted octanol–water partition coefficient (Wildman–Crippen LogP) is 4.61. The summed E-state index contributed by atoms with van der Waals surface area (Å²) in [4.78, 5) is 17.1. The van der Waals surface area contributed by atoms with Crippen molar-refractivity contribution >= 4 is 51.3 Å². The van der Waals surface area contributed by atoms with E-state index in [4.69, 9.17) is 33.3 Å². The van der Waals surface area contributed by atoms with E-state index in [1.807, 2.05) is 17.5 Å². The molecular formula is C19H16ClN3O3S2. The molecular weight excluding hydrogens is 418 g/mol. The second kappa shape index (κ2) is 9.01. The van der Waals surface area contributed by atoms with Crippen LogP contribution in [0.4, 0.5) is 5.13 Å². The monoisotopic (exact) mass is 433 g/mol. The maximum atomic E-state index is 12.6. The van der Waals surface area contributed by atoms with Crippen molar-refractivity contribution in [3.05, 3.63) is 58.4 Å². The molecule has 144 valence electrons. The maximum absolute atomic E-state index is 12.6. The number of nitrogens with one attached hydrogen (secondary N) is 2. The van der Waals surface area contributed by atoms with Crippen LogP contribution in [-0.2, 0) is 0 Å². The van der Waals surface area contributed by atoms with Crippen LogP contribution in [0.5, 0.6) is 11.5 Å². The molecule has 0 spiro atoms. The Labute approximate surface area is 176 Å². The van der Waals surface area contributed by atoms with E-state index in [-0.39, 0.29) is 10.7 Å². The fraction of sp³-hybridized carbons (Fsp3) is 0.105. The van der Waals surface area contributed by atoms with Crippen LogP contribution >= 0.6 is 35.2 Å². The summed E-state index contributed by atoms with van der Waals surface area (Å²) >= 11 is 12.5. The fourth-order valence-electron chi connectivity index (χ4n) is 2.45. The van der Waals surface area contributed by atoms with Gasteiger partial charge in [-0.15, -0.1) is 11.3 Å². The smallest absolute Gasteiger partial charge is 0.264 e. The number of benzene rings is 2. The van der Waals surface area contributed by atoms with Gasteiger partial charge in [-0.3, -0.25) is 10.1 Å². The van der Waals surface area contributed by atoms with Crippen molar-refractivity contribution in [2.75, 3.05) is 19.5 Å². The molecule has 0 aliphatic rings. The number of thiazole rings is 1. The van der Waals surface area contributed by atoms with E-state index >= 15 is 0 Å². The predicted molar refractivity (Wildman–Crippen MR) is 116 cm³/mol. The quantitative estimate of drug-likeness (QED) is 0.572. The Kier molecular flexibility index (Phi) is 6.45. The van der Waals surface area contributed by atoms with Gasteiger partial charge in [0.05, 0.1) is 19.9 Å². The standard InChI is InChI=1S/C19H16ClN3O3S2/c1-25-14-4-3-5-15(26-2)16(14)17(24)22-18(27)23-19-21-13(10-28-19)11-6-8-12(20)9-7-11/h3-10H,1-2H3,(H2,21,22,23,24,27). The average molecular weight is 434 g/mol. The molecule has 0 saturated heterocycles. The van der Waals surface area contributed by atoms with E-state index in [1.165, 1.54) is 25.6 Å². The van der Waals surface area contributed by atoms with Crippen LogP contribution in [0.25, 0.3) is 11.3 Å². The summed E-state index contributed by atoms with van der Waals surface area (Å²) in [5.74, 6) is 0.333. The van der Waals surface area contributed by atoms with Gasteiger partial charge in [-0.2, -0.15) is 0 Å². The Morgan fingerprint density at radius 2 is 1.75 bits per heavy atom. The summed E-state index contributed by atoms with van der Waals surface area (Å²) in [6, 6.07) is 12.5. The number of hydrogen-bond acceptors (Lipinski definition) is 6. The van der Waals surface area contributed by atoms with Gasteiger partial charge in [-0.05, 0) is 36.5 Å². The SMILES string of the molecule is COc1cccc(OC)c1C(=O)NC(=S)Nc1nc(-c2ccc(Cl)cc2)cs1. The molecule has 0 saturated carbocycles. The van der Waals surface area contributed by atoms with Crippen molar-refractivity contribution in [3.63, 3.8) is 0 Å². The highest BCUT2D eigenvalue weighted by Gasteiger charge is 2.19. The highest BCUT2D eigenvalue weighted by molar-refractivity contribution is 7.80. The van der Waals surface area contributed by atoms with Crippen molar-refractivity contribution in [2.24, 2.45) is 0 Å². The van der Waals surface area contributed by atoms with E-state index in [1.54, 1.807) is 30.3 Å². The molecule has 2 N–H and O–H groups in total. The highest BCUT2D eigenvalue weighted by atomic mass is 35.5.